The predicted molar refractivity (Wildman–Crippen MR) is 71.7 cm³/mol. The van der Waals surface area contributed by atoms with Crippen LogP contribution in [-0.2, 0) is 10.0 Å². The Labute approximate surface area is 108 Å². The van der Waals surface area contributed by atoms with Crippen molar-refractivity contribution in [3.05, 3.63) is 23.8 Å². The number of nitrogen functional groups attached to an aromatic ring is 1. The van der Waals surface area contributed by atoms with Gasteiger partial charge in [-0.05, 0) is 44.5 Å². The highest BCUT2D eigenvalue weighted by molar-refractivity contribution is 7.89. The number of rotatable bonds is 4. The molecule has 0 bridgehead atoms. The van der Waals surface area contributed by atoms with Crippen molar-refractivity contribution in [3.8, 4) is 0 Å². The van der Waals surface area contributed by atoms with Crippen molar-refractivity contribution in [3.63, 3.8) is 0 Å². The second-order valence-corrected chi connectivity index (χ2v) is 7.14. The van der Waals surface area contributed by atoms with Gasteiger partial charge in [0.15, 0.2) is 0 Å². The molecule has 0 radical (unpaired) electrons. The normalized spacial score (nSPS) is 13.0. The largest absolute Gasteiger partial charge is 0.399 e. The first-order chi connectivity index (χ1) is 8.04. The molecule has 3 N–H and O–H groups in total. The molecular formula is C12H20N2O3S. The lowest BCUT2D eigenvalue weighted by Crippen LogP contribution is -2.39. The number of aryl methyl sites for hydroxylation is 1. The molecule has 5 nitrogen and oxygen atoms in total. The van der Waals surface area contributed by atoms with Gasteiger partial charge >= 0.3 is 0 Å². The predicted octanol–water partition coefficient (Wildman–Crippen LogP) is 0.969. The smallest absolute Gasteiger partial charge is 0.242 e. The van der Waals surface area contributed by atoms with E-state index in [2.05, 4.69) is 0 Å². The quantitative estimate of drug-likeness (QED) is 0.800. The van der Waals surface area contributed by atoms with E-state index in [-0.39, 0.29) is 11.4 Å². The highest BCUT2D eigenvalue weighted by atomic mass is 32.2. The number of likely N-dealkylation sites (N-methyl/N-ethyl adjacent to an activating group) is 1. The summed E-state index contributed by atoms with van der Waals surface area (Å²) >= 11 is 0. The van der Waals surface area contributed by atoms with Crippen molar-refractivity contribution in [2.24, 2.45) is 0 Å². The average Bonchev–Trinajstić information content (AvgIpc) is 2.19. The molecule has 0 unspecified atom stereocenters. The molecule has 0 amide bonds. The summed E-state index contributed by atoms with van der Waals surface area (Å²) < 4.78 is 25.6. The van der Waals surface area contributed by atoms with Gasteiger partial charge in [-0.2, -0.15) is 4.31 Å². The molecule has 0 aliphatic carbocycles. The van der Waals surface area contributed by atoms with Crippen LogP contribution in [0.25, 0.3) is 0 Å². The van der Waals surface area contributed by atoms with Crippen molar-refractivity contribution in [1.29, 1.82) is 0 Å². The first kappa shape index (κ1) is 14.9. The average molecular weight is 272 g/mol. The molecule has 102 valence electrons. The zero-order chi connectivity index (χ0) is 14.1. The molecule has 1 rings (SSSR count). The van der Waals surface area contributed by atoms with Gasteiger partial charge in [-0.25, -0.2) is 8.42 Å². The molecule has 0 aliphatic heterocycles. The van der Waals surface area contributed by atoms with E-state index in [1.165, 1.54) is 19.2 Å². The Morgan fingerprint density at radius 1 is 1.39 bits per heavy atom. The fraction of sp³-hybridized carbons (Fsp3) is 0.500. The van der Waals surface area contributed by atoms with Crippen molar-refractivity contribution in [2.75, 3.05) is 19.3 Å². The fourth-order valence-corrected chi connectivity index (χ4v) is 3.03. The van der Waals surface area contributed by atoms with Crippen molar-refractivity contribution in [2.45, 2.75) is 31.3 Å². The molecule has 0 spiro atoms. The Balaban J connectivity index is 3.10. The van der Waals surface area contributed by atoms with Gasteiger partial charge in [-0.15, -0.1) is 0 Å². The van der Waals surface area contributed by atoms with Gasteiger partial charge in [0, 0.05) is 19.3 Å². The van der Waals surface area contributed by atoms with Crippen LogP contribution in [-0.4, -0.2) is 37.0 Å². The zero-order valence-corrected chi connectivity index (χ0v) is 12.0. The number of sulfonamides is 1. The maximum Gasteiger partial charge on any atom is 0.242 e. The molecule has 0 saturated heterocycles. The van der Waals surface area contributed by atoms with Crippen molar-refractivity contribution in [1.82, 2.24) is 4.31 Å². The highest BCUT2D eigenvalue weighted by Crippen LogP contribution is 2.20. The van der Waals surface area contributed by atoms with Crippen LogP contribution in [0.15, 0.2) is 23.1 Å². The summed E-state index contributed by atoms with van der Waals surface area (Å²) in [5.41, 5.74) is 5.85. The Kier molecular flexibility index (Phi) is 4.05. The minimum absolute atomic E-state index is 0.0265. The van der Waals surface area contributed by atoms with Crippen molar-refractivity contribution >= 4 is 15.7 Å². The summed E-state index contributed by atoms with van der Waals surface area (Å²) in [6.07, 6.45) is 0. The van der Waals surface area contributed by atoms with Crippen LogP contribution < -0.4 is 5.73 Å². The van der Waals surface area contributed by atoms with E-state index in [1.807, 2.05) is 0 Å². The molecule has 0 aromatic heterocycles. The van der Waals surface area contributed by atoms with Crippen LogP contribution in [0.2, 0.25) is 0 Å². The Morgan fingerprint density at radius 2 is 1.94 bits per heavy atom. The summed E-state index contributed by atoms with van der Waals surface area (Å²) in [7, 11) is -2.15. The molecule has 0 saturated carbocycles. The fourth-order valence-electron chi connectivity index (χ4n) is 1.62. The van der Waals surface area contributed by atoms with Gasteiger partial charge in [0.2, 0.25) is 10.0 Å². The third kappa shape index (κ3) is 3.44. The number of nitrogens with zero attached hydrogens (tertiary/aromatic N) is 1. The first-order valence-electron chi connectivity index (χ1n) is 5.59. The summed E-state index contributed by atoms with van der Waals surface area (Å²) in [6.45, 7) is 4.91. The van der Waals surface area contributed by atoms with Crippen LogP contribution in [0, 0.1) is 6.92 Å². The molecule has 1 aromatic carbocycles. The van der Waals surface area contributed by atoms with E-state index in [1.54, 1.807) is 26.8 Å². The third-order valence-electron chi connectivity index (χ3n) is 2.56. The summed E-state index contributed by atoms with van der Waals surface area (Å²) in [5.74, 6) is 0. The number of aliphatic hydroxyl groups is 1. The van der Waals surface area contributed by atoms with Crippen LogP contribution in [0.5, 0.6) is 0 Å². The molecule has 6 heteroatoms. The molecule has 1 aromatic rings. The Bertz CT molecular complexity index is 533. The van der Waals surface area contributed by atoms with Crippen LogP contribution in [0.4, 0.5) is 5.69 Å². The topological polar surface area (TPSA) is 83.6 Å². The molecule has 0 heterocycles. The number of anilines is 1. The maximum absolute atomic E-state index is 12.2. The number of hydrogen-bond acceptors (Lipinski definition) is 4. The van der Waals surface area contributed by atoms with Gasteiger partial charge in [0.1, 0.15) is 0 Å². The van der Waals surface area contributed by atoms with Crippen LogP contribution in [0.1, 0.15) is 19.4 Å². The van der Waals surface area contributed by atoms with E-state index in [4.69, 9.17) is 5.73 Å². The van der Waals surface area contributed by atoms with Crippen LogP contribution >= 0.6 is 0 Å². The SMILES string of the molecule is Cc1cc(S(=O)(=O)N(C)CC(C)(C)O)ccc1N. The second kappa shape index (κ2) is 4.87. The maximum atomic E-state index is 12.2. The van der Waals surface area contributed by atoms with Gasteiger partial charge < -0.3 is 10.8 Å². The Hall–Kier alpha value is -1.11. The summed E-state index contributed by atoms with van der Waals surface area (Å²) in [5, 5.41) is 9.67. The van der Waals surface area contributed by atoms with Crippen molar-refractivity contribution < 1.29 is 13.5 Å². The van der Waals surface area contributed by atoms with Gasteiger partial charge in [0.05, 0.1) is 10.5 Å². The first-order valence-corrected chi connectivity index (χ1v) is 7.03. The molecule has 18 heavy (non-hydrogen) atoms. The molecular weight excluding hydrogens is 252 g/mol. The third-order valence-corrected chi connectivity index (χ3v) is 4.36. The van der Waals surface area contributed by atoms with Gasteiger partial charge in [0.25, 0.3) is 0 Å². The summed E-state index contributed by atoms with van der Waals surface area (Å²) in [4.78, 5) is 0.181. The lowest BCUT2D eigenvalue weighted by molar-refractivity contribution is 0.0640. The highest BCUT2D eigenvalue weighted by Gasteiger charge is 2.26. The van der Waals surface area contributed by atoms with E-state index in [0.717, 1.165) is 4.31 Å². The Morgan fingerprint density at radius 3 is 2.39 bits per heavy atom. The zero-order valence-electron chi connectivity index (χ0n) is 11.1. The number of benzene rings is 1. The van der Waals surface area contributed by atoms with E-state index < -0.39 is 15.6 Å². The van der Waals surface area contributed by atoms with Gasteiger partial charge in [-0.3, -0.25) is 0 Å². The minimum Gasteiger partial charge on any atom is -0.399 e. The second-order valence-electron chi connectivity index (χ2n) is 5.09. The number of hydrogen-bond donors (Lipinski definition) is 2. The molecule has 0 aliphatic rings. The van der Waals surface area contributed by atoms with Crippen LogP contribution in [0.3, 0.4) is 0 Å². The lowest BCUT2D eigenvalue weighted by Gasteiger charge is -2.25. The molecule has 0 atom stereocenters. The monoisotopic (exact) mass is 272 g/mol. The van der Waals surface area contributed by atoms with E-state index >= 15 is 0 Å². The van der Waals surface area contributed by atoms with E-state index in [9.17, 15) is 13.5 Å². The summed E-state index contributed by atoms with van der Waals surface area (Å²) in [6, 6.07) is 4.57. The van der Waals surface area contributed by atoms with Gasteiger partial charge in [-0.1, -0.05) is 0 Å². The molecule has 0 fully saturated rings. The minimum atomic E-state index is -3.59. The lowest BCUT2D eigenvalue weighted by atomic mass is 10.1. The van der Waals surface area contributed by atoms with E-state index in [0.29, 0.717) is 11.3 Å². The number of nitrogens with two attached hydrogens (primary N) is 1. The standard InChI is InChI=1S/C12H20N2O3S/c1-9-7-10(5-6-11(9)13)18(16,17)14(4)8-12(2,3)15/h5-7,15H,8,13H2,1-4H3.